The highest BCUT2D eigenvalue weighted by atomic mass is 32.3. The zero-order chi connectivity index (χ0) is 25.9. The van der Waals surface area contributed by atoms with Crippen LogP contribution in [0.15, 0.2) is 148 Å². The largest absolute Gasteiger partial charge is 0.289 e. The van der Waals surface area contributed by atoms with Gasteiger partial charge in [0.2, 0.25) is 0 Å². The second kappa shape index (κ2) is 10.1. The van der Waals surface area contributed by atoms with Crippen molar-refractivity contribution in [3.63, 3.8) is 0 Å². The van der Waals surface area contributed by atoms with E-state index in [1.165, 1.54) is 12.1 Å². The summed E-state index contributed by atoms with van der Waals surface area (Å²) in [6, 6.07) is 38.0. The van der Waals surface area contributed by atoms with E-state index in [9.17, 15) is 8.42 Å². The number of fused-ring (bicyclic) bond motifs is 1. The van der Waals surface area contributed by atoms with Crippen LogP contribution in [0.5, 0.6) is 0 Å². The molecular formula is C30H24F2O3S2. The molecule has 0 fully saturated rings. The summed E-state index contributed by atoms with van der Waals surface area (Å²) in [4.78, 5) is 1.76. The van der Waals surface area contributed by atoms with Crippen LogP contribution in [-0.4, -0.2) is 14.2 Å². The molecule has 5 aromatic rings. The lowest BCUT2D eigenvalue weighted by Gasteiger charge is -2.39. The molecule has 0 N–H and O–H groups in total. The molecule has 0 aliphatic heterocycles. The Morgan fingerprint density at radius 3 is 1.49 bits per heavy atom. The van der Waals surface area contributed by atoms with Gasteiger partial charge in [0, 0.05) is 20.2 Å². The fourth-order valence-corrected chi connectivity index (χ4v) is 9.69. The lowest BCUT2D eigenvalue weighted by Crippen LogP contribution is -2.28. The number of benzene rings is 5. The Labute approximate surface area is 217 Å². The van der Waals surface area contributed by atoms with Crippen LogP contribution in [0.1, 0.15) is 5.56 Å². The number of hydrogen-bond acceptors (Lipinski definition) is 3. The van der Waals surface area contributed by atoms with Crippen LogP contribution in [0, 0.1) is 0 Å². The van der Waals surface area contributed by atoms with Crippen molar-refractivity contribution in [1.82, 2.24) is 0 Å². The quantitative estimate of drug-likeness (QED) is 0.202. The van der Waals surface area contributed by atoms with E-state index >= 15 is 8.78 Å². The zero-order valence-corrected chi connectivity index (χ0v) is 21.3. The summed E-state index contributed by atoms with van der Waals surface area (Å²) in [6.07, 6.45) is 0. The highest BCUT2D eigenvalue weighted by Crippen LogP contribution is 2.70. The van der Waals surface area contributed by atoms with Crippen LogP contribution in [0.25, 0.3) is 10.8 Å². The monoisotopic (exact) mass is 534 g/mol. The van der Waals surface area contributed by atoms with Crippen molar-refractivity contribution in [3.8, 4) is 0 Å². The third-order valence-electron chi connectivity index (χ3n) is 5.96. The van der Waals surface area contributed by atoms with Crippen molar-refractivity contribution < 1.29 is 20.8 Å². The molecule has 0 aliphatic rings. The maximum atomic E-state index is 15.5. The minimum atomic E-state index is -4.76. The van der Waals surface area contributed by atoms with Crippen molar-refractivity contribution in [2.75, 3.05) is 5.75 Å². The zero-order valence-electron chi connectivity index (χ0n) is 19.7. The molecule has 188 valence electrons. The third-order valence-corrected chi connectivity index (χ3v) is 11.1. The Bertz CT molecular complexity index is 1510. The lowest BCUT2D eigenvalue weighted by atomic mass is 10.0. The molecule has 0 aromatic heterocycles. The van der Waals surface area contributed by atoms with Gasteiger partial charge >= 0.3 is 0 Å². The molecule has 0 atom stereocenters. The number of halogens is 2. The van der Waals surface area contributed by atoms with Gasteiger partial charge in [-0.25, -0.2) is 12.4 Å². The molecule has 0 saturated heterocycles. The second-order valence-corrected chi connectivity index (χ2v) is 13.0. The molecule has 0 unspecified atom stereocenters. The predicted octanol–water partition coefficient (Wildman–Crippen LogP) is 8.17. The van der Waals surface area contributed by atoms with E-state index in [0.29, 0.717) is 20.1 Å². The fraction of sp³-hybridized carbons (Fsp3) is 0.0667. The summed E-state index contributed by atoms with van der Waals surface area (Å²) < 4.78 is 64.1. The molecule has 0 bridgehead atoms. The van der Waals surface area contributed by atoms with Gasteiger partial charge in [0.25, 0.3) is 16.0 Å². The molecule has 37 heavy (non-hydrogen) atoms. The summed E-state index contributed by atoms with van der Waals surface area (Å²) in [5.74, 6) is -5.16. The minimum Gasteiger partial charge on any atom is -0.206 e. The highest BCUT2D eigenvalue weighted by Gasteiger charge is 2.43. The van der Waals surface area contributed by atoms with Gasteiger partial charge in [0.15, 0.2) is 0 Å². The standard InChI is InChI=1S/C30H24F2O3S2/c31-30(32,26-21-20-24-12-10-11-13-25(24)22-26)23-36(33,34)35-37(27-14-4-1-5-15-27,28-16-6-2-7-17-28)29-18-8-3-9-19-29/h1-22H,23H2. The Morgan fingerprint density at radius 2 is 1.00 bits per heavy atom. The SMILES string of the molecule is O=S(=O)(CC(F)(F)c1ccc2ccccc2c1)OS(c1ccccc1)(c1ccccc1)c1ccccc1. The molecule has 0 saturated carbocycles. The molecule has 0 aliphatic carbocycles. The van der Waals surface area contributed by atoms with Gasteiger partial charge in [-0.3, -0.25) is 0 Å². The van der Waals surface area contributed by atoms with E-state index in [1.54, 1.807) is 91.0 Å². The Morgan fingerprint density at radius 1 is 0.568 bits per heavy atom. The highest BCUT2D eigenvalue weighted by molar-refractivity contribution is 8.33. The van der Waals surface area contributed by atoms with Gasteiger partial charge < -0.3 is 0 Å². The Kier molecular flexibility index (Phi) is 6.86. The van der Waals surface area contributed by atoms with E-state index in [1.807, 2.05) is 30.3 Å². The van der Waals surface area contributed by atoms with Crippen molar-refractivity contribution in [2.45, 2.75) is 20.6 Å². The van der Waals surface area contributed by atoms with Crippen molar-refractivity contribution in [3.05, 3.63) is 139 Å². The molecule has 0 spiro atoms. The first kappa shape index (κ1) is 25.1. The fourth-order valence-electron chi connectivity index (χ4n) is 4.26. The Hall–Kier alpha value is -3.52. The topological polar surface area (TPSA) is 43.4 Å². The van der Waals surface area contributed by atoms with Crippen LogP contribution >= 0.6 is 10.3 Å². The molecule has 5 rings (SSSR count). The van der Waals surface area contributed by atoms with Crippen LogP contribution in [-0.2, 0) is 19.7 Å². The summed E-state index contributed by atoms with van der Waals surface area (Å²) in [6.45, 7) is 0. The third kappa shape index (κ3) is 5.16. The van der Waals surface area contributed by atoms with Crippen LogP contribution in [0.4, 0.5) is 8.78 Å². The van der Waals surface area contributed by atoms with E-state index in [-0.39, 0.29) is 5.56 Å². The van der Waals surface area contributed by atoms with Gasteiger partial charge in [0.05, 0.1) is 0 Å². The van der Waals surface area contributed by atoms with Gasteiger partial charge in [0.1, 0.15) is 5.75 Å². The van der Waals surface area contributed by atoms with Crippen LogP contribution < -0.4 is 0 Å². The average Bonchev–Trinajstić information content (AvgIpc) is 2.92. The van der Waals surface area contributed by atoms with E-state index in [2.05, 4.69) is 0 Å². The van der Waals surface area contributed by atoms with Crippen molar-refractivity contribution in [2.24, 2.45) is 0 Å². The average molecular weight is 535 g/mol. The molecule has 0 heterocycles. The van der Waals surface area contributed by atoms with Gasteiger partial charge in [-0.1, -0.05) is 91.0 Å². The molecule has 0 radical (unpaired) electrons. The smallest absolute Gasteiger partial charge is 0.206 e. The first-order chi connectivity index (χ1) is 17.8. The first-order valence-corrected chi connectivity index (χ1v) is 14.7. The minimum absolute atomic E-state index is 0.377. The molecule has 7 heteroatoms. The maximum absolute atomic E-state index is 15.5. The molecule has 5 aromatic carbocycles. The summed E-state index contributed by atoms with van der Waals surface area (Å²) in [5.41, 5.74) is -0.377. The second-order valence-electron chi connectivity index (χ2n) is 8.53. The number of hydrogen-bond donors (Lipinski definition) is 0. The van der Waals surface area contributed by atoms with E-state index < -0.39 is 32.1 Å². The summed E-state index contributed by atoms with van der Waals surface area (Å²) in [5, 5.41) is 1.40. The van der Waals surface area contributed by atoms with Crippen molar-refractivity contribution in [1.29, 1.82) is 0 Å². The van der Waals surface area contributed by atoms with Gasteiger partial charge in [-0.2, -0.15) is 8.42 Å². The van der Waals surface area contributed by atoms with Crippen LogP contribution in [0.2, 0.25) is 0 Å². The van der Waals surface area contributed by atoms with E-state index in [0.717, 1.165) is 5.39 Å². The molecule has 0 amide bonds. The summed E-state index contributed by atoms with van der Waals surface area (Å²) in [7, 11) is -7.66. The molecular weight excluding hydrogens is 510 g/mol. The maximum Gasteiger partial charge on any atom is 0.289 e. The predicted molar refractivity (Wildman–Crippen MR) is 144 cm³/mol. The normalized spacial score (nSPS) is 12.9. The number of alkyl halides is 2. The van der Waals surface area contributed by atoms with E-state index in [4.69, 9.17) is 3.63 Å². The van der Waals surface area contributed by atoms with Gasteiger partial charge in [-0.15, -0.1) is 0 Å². The van der Waals surface area contributed by atoms with Crippen molar-refractivity contribution >= 4 is 31.2 Å². The molecule has 3 nitrogen and oxygen atoms in total. The lowest BCUT2D eigenvalue weighted by molar-refractivity contribution is 0.0203. The number of rotatable bonds is 8. The summed E-state index contributed by atoms with van der Waals surface area (Å²) >= 11 is 0. The Balaban J connectivity index is 1.61. The van der Waals surface area contributed by atoms with Crippen LogP contribution in [0.3, 0.4) is 0 Å². The van der Waals surface area contributed by atoms with Gasteiger partial charge in [-0.05, 0) is 63.5 Å². The first-order valence-electron chi connectivity index (χ1n) is 11.6.